The molecule has 2 saturated heterocycles. The van der Waals surface area contributed by atoms with Crippen molar-refractivity contribution in [3.63, 3.8) is 0 Å². The highest BCUT2D eigenvalue weighted by molar-refractivity contribution is 5.92. The highest BCUT2D eigenvalue weighted by atomic mass is 16.5. The molecule has 2 aliphatic heterocycles. The van der Waals surface area contributed by atoms with E-state index in [9.17, 15) is 19.5 Å². The highest BCUT2D eigenvalue weighted by Crippen LogP contribution is 2.48. The molecule has 2 heterocycles. The summed E-state index contributed by atoms with van der Waals surface area (Å²) in [5, 5.41) is 12.5. The summed E-state index contributed by atoms with van der Waals surface area (Å²) in [5.74, 6) is -1.47. The SMILES string of the molecule is O=C(NC1(C(=O)N2CC3CC2C3C(=O)O)CCCCC1)OCC1c2ccccc2-c2ccccc21. The lowest BCUT2D eigenvalue weighted by atomic mass is 9.73. The molecule has 2 bridgehead atoms. The minimum atomic E-state index is -1.01. The number of hydrogen-bond donors (Lipinski definition) is 2. The zero-order valence-corrected chi connectivity index (χ0v) is 19.6. The van der Waals surface area contributed by atoms with Gasteiger partial charge in [0.2, 0.25) is 5.91 Å². The fourth-order valence-electron chi connectivity index (χ4n) is 6.87. The Morgan fingerprint density at radius 2 is 1.60 bits per heavy atom. The summed E-state index contributed by atoms with van der Waals surface area (Å²) in [7, 11) is 0. The summed E-state index contributed by atoms with van der Waals surface area (Å²) in [4.78, 5) is 40.1. The Morgan fingerprint density at radius 3 is 2.20 bits per heavy atom. The smallest absolute Gasteiger partial charge is 0.408 e. The fraction of sp³-hybridized carbons (Fsp3) is 0.464. The number of rotatable bonds is 5. The maximum absolute atomic E-state index is 13.7. The maximum atomic E-state index is 13.7. The standard InChI is InChI=1S/C28H30N2O5/c31-25(32)24-17-14-23(24)30(15-17)26(33)28(12-6-1-7-13-28)29-27(34)35-16-22-20-10-4-2-8-18(20)19-9-3-5-11-21(19)22/h2-5,8-11,17,22-24H,1,6-7,12-16H2,(H,29,34)(H,31,32). The number of aliphatic carboxylic acids is 1. The summed E-state index contributed by atoms with van der Waals surface area (Å²) in [6.07, 6.45) is 3.99. The van der Waals surface area contributed by atoms with E-state index in [1.165, 1.54) is 0 Å². The van der Waals surface area contributed by atoms with Crippen LogP contribution in [0, 0.1) is 11.8 Å². The first kappa shape index (κ1) is 22.1. The fourth-order valence-corrected chi connectivity index (χ4v) is 6.87. The van der Waals surface area contributed by atoms with Gasteiger partial charge in [-0.05, 0) is 47.4 Å². The predicted octanol–water partition coefficient (Wildman–Crippen LogP) is 4.16. The molecule has 2 aromatic rings. The summed E-state index contributed by atoms with van der Waals surface area (Å²) in [5.41, 5.74) is 3.60. The molecular formula is C28H30N2O5. The number of carbonyl (C=O) groups is 3. The van der Waals surface area contributed by atoms with E-state index < -0.39 is 23.5 Å². The van der Waals surface area contributed by atoms with Crippen LogP contribution < -0.4 is 5.32 Å². The Hall–Kier alpha value is -3.35. The van der Waals surface area contributed by atoms with Crippen molar-refractivity contribution in [3.8, 4) is 11.1 Å². The molecule has 2 N–H and O–H groups in total. The largest absolute Gasteiger partial charge is 0.481 e. The summed E-state index contributed by atoms with van der Waals surface area (Å²) < 4.78 is 5.76. The molecule has 2 aromatic carbocycles. The van der Waals surface area contributed by atoms with Gasteiger partial charge in [-0.1, -0.05) is 67.8 Å². The van der Waals surface area contributed by atoms with Crippen molar-refractivity contribution < 1.29 is 24.2 Å². The minimum Gasteiger partial charge on any atom is -0.481 e. The first-order chi connectivity index (χ1) is 17.0. The number of fused-ring (bicyclic) bond motifs is 4. The second-order valence-corrected chi connectivity index (χ2v) is 10.5. The van der Waals surface area contributed by atoms with Crippen LogP contribution in [0.25, 0.3) is 11.1 Å². The molecule has 7 nitrogen and oxygen atoms in total. The zero-order valence-electron chi connectivity index (χ0n) is 19.6. The number of nitrogens with one attached hydrogen (secondary N) is 1. The summed E-state index contributed by atoms with van der Waals surface area (Å²) in [6.45, 7) is 0.661. The molecule has 7 heteroatoms. The van der Waals surface area contributed by atoms with Gasteiger partial charge >= 0.3 is 12.1 Å². The molecule has 0 spiro atoms. The van der Waals surface area contributed by atoms with Crippen LogP contribution >= 0.6 is 0 Å². The Kier molecular flexibility index (Phi) is 5.31. The number of hydrogen-bond acceptors (Lipinski definition) is 4. The number of ether oxygens (including phenoxy) is 1. The van der Waals surface area contributed by atoms with Crippen LogP contribution in [-0.2, 0) is 14.3 Å². The van der Waals surface area contributed by atoms with Crippen LogP contribution in [0.3, 0.4) is 0 Å². The van der Waals surface area contributed by atoms with Gasteiger partial charge in [-0.3, -0.25) is 9.59 Å². The molecule has 35 heavy (non-hydrogen) atoms. The molecule has 182 valence electrons. The zero-order chi connectivity index (χ0) is 24.2. The third kappa shape index (κ3) is 3.51. The van der Waals surface area contributed by atoms with Crippen LogP contribution in [0.1, 0.15) is 55.6 Å². The predicted molar refractivity (Wildman–Crippen MR) is 129 cm³/mol. The van der Waals surface area contributed by atoms with E-state index in [0.29, 0.717) is 19.4 Å². The lowest BCUT2D eigenvalue weighted by Gasteiger charge is -2.41. The van der Waals surface area contributed by atoms with E-state index in [0.717, 1.165) is 47.9 Å². The van der Waals surface area contributed by atoms with Gasteiger partial charge in [0.1, 0.15) is 12.1 Å². The topological polar surface area (TPSA) is 95.9 Å². The van der Waals surface area contributed by atoms with Gasteiger partial charge in [0, 0.05) is 18.5 Å². The Bertz CT molecular complexity index is 1140. The van der Waals surface area contributed by atoms with Crippen molar-refractivity contribution in [2.24, 2.45) is 11.8 Å². The molecule has 7 rings (SSSR count). The first-order valence-corrected chi connectivity index (χ1v) is 12.7. The molecule has 2 amide bonds. The number of carboxylic acids is 1. The van der Waals surface area contributed by atoms with Crippen LogP contribution in [0.5, 0.6) is 0 Å². The van der Waals surface area contributed by atoms with E-state index in [4.69, 9.17) is 4.74 Å². The summed E-state index contributed by atoms with van der Waals surface area (Å²) in [6, 6.07) is 16.1. The third-order valence-corrected chi connectivity index (χ3v) is 8.65. The molecule has 5 aliphatic rings. The van der Waals surface area contributed by atoms with Crippen molar-refractivity contribution in [2.75, 3.05) is 13.2 Å². The van der Waals surface area contributed by atoms with Gasteiger partial charge in [0.05, 0.1) is 5.92 Å². The van der Waals surface area contributed by atoms with E-state index in [-0.39, 0.29) is 30.4 Å². The number of carbonyl (C=O) groups excluding carboxylic acids is 2. The Morgan fingerprint density at radius 1 is 0.971 bits per heavy atom. The number of carboxylic acid groups (broad SMARTS) is 1. The Balaban J connectivity index is 1.17. The van der Waals surface area contributed by atoms with Gasteiger partial charge in [0.15, 0.2) is 0 Å². The Labute approximate surface area is 204 Å². The third-order valence-electron chi connectivity index (χ3n) is 8.65. The van der Waals surface area contributed by atoms with Gasteiger partial charge in [-0.2, -0.15) is 0 Å². The molecule has 4 fully saturated rings. The summed E-state index contributed by atoms with van der Waals surface area (Å²) >= 11 is 0. The molecule has 3 unspecified atom stereocenters. The average molecular weight is 475 g/mol. The van der Waals surface area contributed by atoms with E-state index in [1.807, 2.05) is 24.3 Å². The minimum absolute atomic E-state index is 0.0246. The molecule has 2 saturated carbocycles. The normalized spacial score (nSPS) is 25.8. The van der Waals surface area contributed by atoms with Crippen molar-refractivity contribution in [3.05, 3.63) is 59.7 Å². The number of nitrogens with zero attached hydrogens (tertiary/aromatic N) is 1. The lowest BCUT2D eigenvalue weighted by Crippen LogP contribution is -2.61. The lowest BCUT2D eigenvalue weighted by molar-refractivity contribution is -0.149. The molecular weight excluding hydrogens is 444 g/mol. The van der Waals surface area contributed by atoms with Crippen LogP contribution in [0.2, 0.25) is 0 Å². The number of amides is 2. The molecule has 0 radical (unpaired) electrons. The van der Waals surface area contributed by atoms with Crippen molar-refractivity contribution in [1.82, 2.24) is 10.2 Å². The average Bonchev–Trinajstić information content (AvgIpc) is 3.53. The van der Waals surface area contributed by atoms with Crippen LogP contribution in [0.4, 0.5) is 4.79 Å². The van der Waals surface area contributed by atoms with E-state index in [2.05, 4.69) is 29.6 Å². The van der Waals surface area contributed by atoms with Gasteiger partial charge in [-0.25, -0.2) is 4.79 Å². The number of alkyl carbamates (subject to hydrolysis) is 1. The maximum Gasteiger partial charge on any atom is 0.408 e. The van der Waals surface area contributed by atoms with E-state index in [1.54, 1.807) is 4.90 Å². The van der Waals surface area contributed by atoms with Crippen molar-refractivity contribution >= 4 is 18.0 Å². The highest BCUT2D eigenvalue weighted by Gasteiger charge is 2.59. The van der Waals surface area contributed by atoms with Crippen molar-refractivity contribution in [2.45, 2.75) is 56.0 Å². The molecule has 0 aromatic heterocycles. The van der Waals surface area contributed by atoms with Gasteiger partial charge in [-0.15, -0.1) is 0 Å². The van der Waals surface area contributed by atoms with E-state index >= 15 is 0 Å². The molecule has 3 atom stereocenters. The van der Waals surface area contributed by atoms with Crippen LogP contribution in [0.15, 0.2) is 48.5 Å². The monoisotopic (exact) mass is 474 g/mol. The second-order valence-electron chi connectivity index (χ2n) is 10.5. The van der Waals surface area contributed by atoms with Gasteiger partial charge in [0.25, 0.3) is 0 Å². The van der Waals surface area contributed by atoms with Crippen molar-refractivity contribution in [1.29, 1.82) is 0 Å². The first-order valence-electron chi connectivity index (χ1n) is 12.7. The second kappa shape index (κ2) is 8.40. The quantitative estimate of drug-likeness (QED) is 0.679. The van der Waals surface area contributed by atoms with Gasteiger partial charge < -0.3 is 20.1 Å². The number of benzene rings is 2. The molecule has 3 aliphatic carbocycles. The van der Waals surface area contributed by atoms with Crippen LogP contribution in [-0.4, -0.2) is 52.7 Å².